The van der Waals surface area contributed by atoms with Crippen molar-refractivity contribution in [3.8, 4) is 5.75 Å². The quantitative estimate of drug-likeness (QED) is 0.930. The van der Waals surface area contributed by atoms with Crippen LogP contribution in [0.15, 0.2) is 22.7 Å². The minimum Gasteiger partial charge on any atom is -0.497 e. The van der Waals surface area contributed by atoms with Crippen molar-refractivity contribution in [2.45, 2.75) is 25.8 Å². The van der Waals surface area contributed by atoms with Crippen LogP contribution in [0.3, 0.4) is 0 Å². The molecule has 0 saturated heterocycles. The molecule has 0 saturated carbocycles. The molecule has 2 heterocycles. The molecule has 3 rings (SSSR count). The van der Waals surface area contributed by atoms with Crippen molar-refractivity contribution in [1.29, 1.82) is 0 Å². The number of carboxylic acid groups (broad SMARTS) is 1. The minimum absolute atomic E-state index is 0.0813. The molecule has 1 aromatic heterocycles. The third-order valence-electron chi connectivity index (χ3n) is 4.25. The van der Waals surface area contributed by atoms with Crippen LogP contribution in [0.25, 0.3) is 10.9 Å². The van der Waals surface area contributed by atoms with Crippen LogP contribution < -0.4 is 4.74 Å². The lowest BCUT2D eigenvalue weighted by Crippen LogP contribution is -2.17. The Morgan fingerprint density at radius 1 is 1.50 bits per heavy atom. The summed E-state index contributed by atoms with van der Waals surface area (Å²) < 4.78 is 8.50. The van der Waals surface area contributed by atoms with E-state index in [0.717, 1.165) is 39.8 Å². The van der Waals surface area contributed by atoms with Gasteiger partial charge in [0.1, 0.15) is 5.75 Å². The van der Waals surface area contributed by atoms with Crippen molar-refractivity contribution in [2.75, 3.05) is 7.11 Å². The van der Waals surface area contributed by atoms with Gasteiger partial charge in [-0.3, -0.25) is 4.79 Å². The standard InChI is InChI=1S/C15H16BrNO3/c1-8(15(18)19)10-3-4-17-13-6-9(20-2)5-12(16)11(13)7-14(10)17/h5-8,10H,3-4H2,1-2H3,(H,18,19). The van der Waals surface area contributed by atoms with Crippen LogP contribution in [-0.4, -0.2) is 22.8 Å². The average Bonchev–Trinajstić information content (AvgIpc) is 2.97. The van der Waals surface area contributed by atoms with E-state index in [-0.39, 0.29) is 11.8 Å². The first-order valence-electron chi connectivity index (χ1n) is 6.62. The van der Waals surface area contributed by atoms with Gasteiger partial charge in [0.25, 0.3) is 0 Å². The fraction of sp³-hybridized carbons (Fsp3) is 0.400. The second kappa shape index (κ2) is 4.81. The summed E-state index contributed by atoms with van der Waals surface area (Å²) in [6, 6.07) is 6.06. The lowest BCUT2D eigenvalue weighted by atomic mass is 9.90. The third kappa shape index (κ3) is 1.92. The van der Waals surface area contributed by atoms with Gasteiger partial charge in [-0.15, -0.1) is 0 Å². The smallest absolute Gasteiger partial charge is 0.306 e. The number of ether oxygens (including phenoxy) is 1. The molecule has 0 bridgehead atoms. The Kier molecular flexibility index (Phi) is 3.24. The molecule has 1 aliphatic rings. The zero-order valence-electron chi connectivity index (χ0n) is 11.4. The van der Waals surface area contributed by atoms with E-state index in [9.17, 15) is 9.90 Å². The number of aliphatic carboxylic acids is 1. The molecular formula is C15H16BrNO3. The van der Waals surface area contributed by atoms with Gasteiger partial charge in [-0.2, -0.15) is 0 Å². The fourth-order valence-corrected chi connectivity index (χ4v) is 3.62. The highest BCUT2D eigenvalue weighted by atomic mass is 79.9. The summed E-state index contributed by atoms with van der Waals surface area (Å²) in [6.07, 6.45) is 0.883. The lowest BCUT2D eigenvalue weighted by molar-refractivity contribution is -0.141. The summed E-state index contributed by atoms with van der Waals surface area (Å²) in [6.45, 7) is 2.65. The number of aromatic nitrogens is 1. The summed E-state index contributed by atoms with van der Waals surface area (Å²) in [7, 11) is 1.65. The molecule has 20 heavy (non-hydrogen) atoms. The highest BCUT2D eigenvalue weighted by Gasteiger charge is 2.33. The normalized spacial score (nSPS) is 19.1. The van der Waals surface area contributed by atoms with Crippen molar-refractivity contribution >= 4 is 32.8 Å². The SMILES string of the molecule is COc1cc(Br)c2cc3n(c2c1)CCC3C(C)C(=O)O. The number of nitrogens with zero attached hydrogens (tertiary/aromatic N) is 1. The second-order valence-electron chi connectivity index (χ2n) is 5.28. The predicted molar refractivity (Wildman–Crippen MR) is 80.3 cm³/mol. The van der Waals surface area contributed by atoms with Gasteiger partial charge in [0.2, 0.25) is 0 Å². The first kappa shape index (κ1) is 13.5. The van der Waals surface area contributed by atoms with Gasteiger partial charge < -0.3 is 14.4 Å². The monoisotopic (exact) mass is 337 g/mol. The number of hydrogen-bond donors (Lipinski definition) is 1. The Morgan fingerprint density at radius 3 is 2.90 bits per heavy atom. The van der Waals surface area contributed by atoms with Gasteiger partial charge in [-0.05, 0) is 34.5 Å². The number of halogens is 1. The first-order chi connectivity index (χ1) is 9.52. The van der Waals surface area contributed by atoms with Crippen LogP contribution in [0.2, 0.25) is 0 Å². The molecule has 2 aromatic rings. The Bertz CT molecular complexity index is 692. The van der Waals surface area contributed by atoms with Gasteiger partial charge in [-0.25, -0.2) is 0 Å². The Hall–Kier alpha value is -1.49. The van der Waals surface area contributed by atoms with Crippen molar-refractivity contribution in [1.82, 2.24) is 4.57 Å². The van der Waals surface area contributed by atoms with E-state index in [1.54, 1.807) is 14.0 Å². The number of benzene rings is 1. The van der Waals surface area contributed by atoms with E-state index in [0.29, 0.717) is 0 Å². The van der Waals surface area contributed by atoms with E-state index in [4.69, 9.17) is 4.74 Å². The van der Waals surface area contributed by atoms with Crippen molar-refractivity contribution in [3.05, 3.63) is 28.4 Å². The topological polar surface area (TPSA) is 51.5 Å². The Morgan fingerprint density at radius 2 is 2.25 bits per heavy atom. The molecule has 0 fully saturated rings. The number of carboxylic acids is 1. The number of aryl methyl sites for hydroxylation is 1. The number of rotatable bonds is 3. The maximum Gasteiger partial charge on any atom is 0.306 e. The number of fused-ring (bicyclic) bond motifs is 3. The largest absolute Gasteiger partial charge is 0.497 e. The van der Waals surface area contributed by atoms with Gasteiger partial charge in [0.15, 0.2) is 0 Å². The average molecular weight is 338 g/mol. The zero-order chi connectivity index (χ0) is 14.4. The summed E-state index contributed by atoms with van der Waals surface area (Å²) in [5.74, 6) is -0.204. The summed E-state index contributed by atoms with van der Waals surface area (Å²) >= 11 is 3.57. The van der Waals surface area contributed by atoms with Gasteiger partial charge in [-0.1, -0.05) is 6.92 Å². The molecular weight excluding hydrogens is 322 g/mol. The number of methoxy groups -OCH3 is 1. The molecule has 5 heteroatoms. The molecule has 0 spiro atoms. The molecule has 0 aliphatic carbocycles. The molecule has 1 N–H and O–H groups in total. The summed E-state index contributed by atoms with van der Waals surface area (Å²) in [4.78, 5) is 11.2. The molecule has 0 radical (unpaired) electrons. The molecule has 1 aliphatic heterocycles. The van der Waals surface area contributed by atoms with E-state index < -0.39 is 5.97 Å². The van der Waals surface area contributed by atoms with Crippen LogP contribution in [0.5, 0.6) is 5.75 Å². The molecule has 2 unspecified atom stereocenters. The summed E-state index contributed by atoms with van der Waals surface area (Å²) in [5, 5.41) is 10.4. The van der Waals surface area contributed by atoms with Crippen LogP contribution in [-0.2, 0) is 11.3 Å². The zero-order valence-corrected chi connectivity index (χ0v) is 13.0. The van der Waals surface area contributed by atoms with Crippen molar-refractivity contribution in [2.24, 2.45) is 5.92 Å². The van der Waals surface area contributed by atoms with E-state index in [1.165, 1.54) is 0 Å². The minimum atomic E-state index is -0.731. The molecule has 1 aromatic carbocycles. The van der Waals surface area contributed by atoms with E-state index in [1.807, 2.05) is 12.1 Å². The number of carbonyl (C=O) groups is 1. The molecule has 0 amide bonds. The Balaban J connectivity index is 2.15. The number of hydrogen-bond acceptors (Lipinski definition) is 2. The second-order valence-corrected chi connectivity index (χ2v) is 6.14. The fourth-order valence-electron chi connectivity index (χ4n) is 3.08. The van der Waals surface area contributed by atoms with Crippen LogP contribution in [0.4, 0.5) is 0 Å². The highest BCUT2D eigenvalue weighted by molar-refractivity contribution is 9.10. The molecule has 106 valence electrons. The lowest BCUT2D eigenvalue weighted by Gasteiger charge is -2.13. The maximum atomic E-state index is 11.2. The van der Waals surface area contributed by atoms with Crippen molar-refractivity contribution < 1.29 is 14.6 Å². The van der Waals surface area contributed by atoms with Crippen molar-refractivity contribution in [3.63, 3.8) is 0 Å². The molecule has 2 atom stereocenters. The predicted octanol–water partition coefficient (Wildman–Crippen LogP) is 3.62. The van der Waals surface area contributed by atoms with E-state index >= 15 is 0 Å². The van der Waals surface area contributed by atoms with E-state index in [2.05, 4.69) is 26.6 Å². The third-order valence-corrected chi connectivity index (χ3v) is 4.90. The molecule has 4 nitrogen and oxygen atoms in total. The first-order valence-corrected chi connectivity index (χ1v) is 7.41. The van der Waals surface area contributed by atoms with Crippen LogP contribution >= 0.6 is 15.9 Å². The van der Waals surface area contributed by atoms with Gasteiger partial charge in [0, 0.05) is 34.1 Å². The highest BCUT2D eigenvalue weighted by Crippen LogP contribution is 2.41. The maximum absolute atomic E-state index is 11.2. The van der Waals surface area contributed by atoms with Gasteiger partial charge in [0.05, 0.1) is 18.5 Å². The van der Waals surface area contributed by atoms with Crippen LogP contribution in [0.1, 0.15) is 25.0 Å². The van der Waals surface area contributed by atoms with Crippen LogP contribution in [0, 0.1) is 5.92 Å². The van der Waals surface area contributed by atoms with Gasteiger partial charge >= 0.3 is 5.97 Å². The Labute approximate surface area is 125 Å². The summed E-state index contributed by atoms with van der Waals surface area (Å²) in [5.41, 5.74) is 2.22.